The molecule has 0 fully saturated rings. The molecule has 1 N–H and O–H groups in total. The number of aromatic nitrogens is 3. The number of benzene rings is 1. The van der Waals surface area contributed by atoms with Crippen LogP contribution in [0.4, 0.5) is 5.69 Å². The van der Waals surface area contributed by atoms with Crippen LogP contribution in [0, 0.1) is 10.1 Å². The van der Waals surface area contributed by atoms with Gasteiger partial charge >= 0.3 is 5.97 Å². The van der Waals surface area contributed by atoms with E-state index in [-0.39, 0.29) is 11.4 Å². The Labute approximate surface area is 129 Å². The van der Waals surface area contributed by atoms with Crippen LogP contribution < -0.4 is 0 Å². The molecule has 0 saturated heterocycles. The topological polar surface area (TPSA) is 111 Å². The highest BCUT2D eigenvalue weighted by Crippen LogP contribution is 2.22. The van der Waals surface area contributed by atoms with Gasteiger partial charge < -0.3 is 5.11 Å². The fourth-order valence-corrected chi connectivity index (χ4v) is 2.10. The molecule has 3 aromatic rings. The summed E-state index contributed by atoms with van der Waals surface area (Å²) in [6.45, 7) is 0. The number of nitrogens with zero attached hydrogens (tertiary/aromatic N) is 4. The van der Waals surface area contributed by atoms with Gasteiger partial charge in [0.05, 0.1) is 16.3 Å². The minimum atomic E-state index is -1.15. The summed E-state index contributed by atoms with van der Waals surface area (Å²) >= 11 is 0. The number of rotatable bonds is 4. The number of aromatic carboxylic acids is 1. The second-order valence-corrected chi connectivity index (χ2v) is 4.65. The van der Waals surface area contributed by atoms with E-state index >= 15 is 0 Å². The molecular formula is C15H10N4O4. The molecular weight excluding hydrogens is 300 g/mol. The highest BCUT2D eigenvalue weighted by atomic mass is 16.6. The summed E-state index contributed by atoms with van der Waals surface area (Å²) in [6.07, 6.45) is 3.18. The molecule has 0 aliphatic carbocycles. The lowest BCUT2D eigenvalue weighted by Crippen LogP contribution is -2.07. The average Bonchev–Trinajstić information content (AvgIpc) is 3.01. The van der Waals surface area contributed by atoms with Crippen molar-refractivity contribution < 1.29 is 14.8 Å². The summed E-state index contributed by atoms with van der Waals surface area (Å²) in [7, 11) is 0. The van der Waals surface area contributed by atoms with Crippen molar-refractivity contribution in [3.8, 4) is 16.9 Å². The largest absolute Gasteiger partial charge is 0.477 e. The summed E-state index contributed by atoms with van der Waals surface area (Å²) in [4.78, 5) is 25.6. The molecule has 2 heterocycles. The van der Waals surface area contributed by atoms with Crippen LogP contribution in [0.3, 0.4) is 0 Å². The fraction of sp³-hybridized carbons (Fsp3) is 0. The Morgan fingerprint density at radius 1 is 1.22 bits per heavy atom. The lowest BCUT2D eigenvalue weighted by atomic mass is 10.2. The van der Waals surface area contributed by atoms with Crippen molar-refractivity contribution in [2.45, 2.75) is 0 Å². The number of hydrogen-bond donors (Lipinski definition) is 1. The number of carboxylic acid groups (broad SMARTS) is 1. The number of non-ortho nitro benzene ring substituents is 1. The maximum absolute atomic E-state index is 11.4. The van der Waals surface area contributed by atoms with Crippen molar-refractivity contribution in [1.29, 1.82) is 0 Å². The quantitative estimate of drug-likeness (QED) is 0.585. The first-order valence-electron chi connectivity index (χ1n) is 6.55. The first-order valence-corrected chi connectivity index (χ1v) is 6.55. The molecule has 8 nitrogen and oxygen atoms in total. The van der Waals surface area contributed by atoms with Crippen molar-refractivity contribution >= 4 is 11.7 Å². The molecule has 114 valence electrons. The molecule has 0 bridgehead atoms. The number of carboxylic acids is 1. The van der Waals surface area contributed by atoms with E-state index in [9.17, 15) is 20.0 Å². The molecule has 0 atom stereocenters. The van der Waals surface area contributed by atoms with Crippen LogP contribution in [0.1, 0.15) is 10.5 Å². The molecule has 3 rings (SSSR count). The van der Waals surface area contributed by atoms with Crippen molar-refractivity contribution in [1.82, 2.24) is 14.8 Å². The van der Waals surface area contributed by atoms with Gasteiger partial charge in [-0.05, 0) is 30.3 Å². The SMILES string of the molecule is O=C(O)c1cc(-c2cccnc2)nn1-c1ccc([N+](=O)[O-])cc1. The van der Waals surface area contributed by atoms with E-state index in [1.54, 1.807) is 24.5 Å². The maximum atomic E-state index is 11.4. The molecule has 8 heteroatoms. The highest BCUT2D eigenvalue weighted by molar-refractivity contribution is 5.88. The van der Waals surface area contributed by atoms with Gasteiger partial charge in [-0.15, -0.1) is 0 Å². The van der Waals surface area contributed by atoms with Crippen LogP contribution >= 0.6 is 0 Å². The molecule has 0 amide bonds. The second-order valence-electron chi connectivity index (χ2n) is 4.65. The molecule has 0 aliphatic rings. The Morgan fingerprint density at radius 2 is 1.96 bits per heavy atom. The molecule has 23 heavy (non-hydrogen) atoms. The Hall–Kier alpha value is -3.55. The maximum Gasteiger partial charge on any atom is 0.354 e. The first kappa shape index (κ1) is 14.4. The van der Waals surface area contributed by atoms with Gasteiger partial charge in [-0.1, -0.05) is 0 Å². The third-order valence-electron chi connectivity index (χ3n) is 3.19. The number of nitro benzene ring substituents is 1. The van der Waals surface area contributed by atoms with E-state index in [1.165, 1.54) is 35.0 Å². The Balaban J connectivity index is 2.09. The van der Waals surface area contributed by atoms with E-state index in [0.717, 1.165) is 0 Å². The monoisotopic (exact) mass is 310 g/mol. The van der Waals surface area contributed by atoms with E-state index < -0.39 is 10.9 Å². The first-order chi connectivity index (χ1) is 11.1. The zero-order chi connectivity index (χ0) is 16.4. The van der Waals surface area contributed by atoms with Gasteiger partial charge in [0.2, 0.25) is 0 Å². The number of pyridine rings is 1. The highest BCUT2D eigenvalue weighted by Gasteiger charge is 2.17. The molecule has 0 saturated carbocycles. The second kappa shape index (κ2) is 5.68. The summed E-state index contributed by atoms with van der Waals surface area (Å²) in [6, 6.07) is 10.4. The molecule has 1 aromatic carbocycles. The van der Waals surface area contributed by atoms with Gasteiger partial charge in [0.1, 0.15) is 0 Å². The minimum Gasteiger partial charge on any atom is -0.477 e. The van der Waals surface area contributed by atoms with Gasteiger partial charge in [-0.3, -0.25) is 15.1 Å². The third kappa shape index (κ3) is 2.77. The molecule has 0 unspecified atom stereocenters. The predicted octanol–water partition coefficient (Wildman–Crippen LogP) is 2.54. The van der Waals surface area contributed by atoms with Crippen LogP contribution in [-0.2, 0) is 0 Å². The van der Waals surface area contributed by atoms with Crippen LogP contribution in [0.25, 0.3) is 16.9 Å². The van der Waals surface area contributed by atoms with Crippen LogP contribution in [-0.4, -0.2) is 30.8 Å². The van der Waals surface area contributed by atoms with Gasteiger partial charge in [-0.2, -0.15) is 5.10 Å². The Morgan fingerprint density at radius 3 is 2.52 bits per heavy atom. The van der Waals surface area contributed by atoms with E-state index in [4.69, 9.17) is 0 Å². The summed E-state index contributed by atoms with van der Waals surface area (Å²) in [5.74, 6) is -1.15. The number of hydrogen-bond acceptors (Lipinski definition) is 5. The van der Waals surface area contributed by atoms with Gasteiger partial charge in [0.15, 0.2) is 5.69 Å². The normalized spacial score (nSPS) is 10.4. The molecule has 2 aromatic heterocycles. The predicted molar refractivity (Wildman–Crippen MR) is 80.4 cm³/mol. The van der Waals surface area contributed by atoms with Crippen LogP contribution in [0.2, 0.25) is 0 Å². The summed E-state index contributed by atoms with van der Waals surface area (Å²) in [5, 5.41) is 24.3. The zero-order valence-corrected chi connectivity index (χ0v) is 11.7. The van der Waals surface area contributed by atoms with Crippen LogP contribution in [0.5, 0.6) is 0 Å². The smallest absolute Gasteiger partial charge is 0.354 e. The van der Waals surface area contributed by atoms with Crippen LogP contribution in [0.15, 0.2) is 54.9 Å². The van der Waals surface area contributed by atoms with Crippen molar-refractivity contribution in [3.05, 3.63) is 70.7 Å². The lowest BCUT2D eigenvalue weighted by molar-refractivity contribution is -0.384. The summed E-state index contributed by atoms with van der Waals surface area (Å²) < 4.78 is 1.23. The Kier molecular flexibility index (Phi) is 3.55. The lowest BCUT2D eigenvalue weighted by Gasteiger charge is -2.03. The van der Waals surface area contributed by atoms with Gasteiger partial charge in [0, 0.05) is 30.1 Å². The Bertz CT molecular complexity index is 872. The van der Waals surface area contributed by atoms with E-state index in [0.29, 0.717) is 16.9 Å². The molecule has 0 aliphatic heterocycles. The number of carbonyl (C=O) groups is 1. The third-order valence-corrected chi connectivity index (χ3v) is 3.19. The average molecular weight is 310 g/mol. The van der Waals surface area contributed by atoms with Crippen molar-refractivity contribution in [2.75, 3.05) is 0 Å². The number of nitro groups is 1. The standard InChI is InChI=1S/C15H10N4O4/c20-15(21)14-8-13(10-2-1-7-16-9-10)17-18(14)11-3-5-12(6-4-11)19(22)23/h1-9H,(H,20,21). The zero-order valence-electron chi connectivity index (χ0n) is 11.7. The van der Waals surface area contributed by atoms with E-state index in [1.807, 2.05) is 0 Å². The van der Waals surface area contributed by atoms with Gasteiger partial charge in [0.25, 0.3) is 5.69 Å². The van der Waals surface area contributed by atoms with Gasteiger partial charge in [-0.25, -0.2) is 9.48 Å². The van der Waals surface area contributed by atoms with Crippen molar-refractivity contribution in [3.63, 3.8) is 0 Å². The minimum absolute atomic E-state index is 0.0438. The fourth-order valence-electron chi connectivity index (χ4n) is 2.10. The summed E-state index contributed by atoms with van der Waals surface area (Å²) in [5.41, 5.74) is 1.43. The molecule has 0 radical (unpaired) electrons. The van der Waals surface area contributed by atoms with E-state index in [2.05, 4.69) is 10.1 Å². The van der Waals surface area contributed by atoms with Crippen molar-refractivity contribution in [2.24, 2.45) is 0 Å². The molecule has 0 spiro atoms.